The molecule has 0 fully saturated rings. The SMILES string of the molecule is Cc1noc2c1-c1cnc(Cl)cc1C(c1ccc(Cl)cc1)=NC2. The van der Waals surface area contributed by atoms with Crippen LogP contribution in [0.3, 0.4) is 0 Å². The Morgan fingerprint density at radius 1 is 1.09 bits per heavy atom. The average Bonchev–Trinajstić information content (AvgIpc) is 2.82. The minimum absolute atomic E-state index is 0.417. The number of nitrogens with zero attached hydrogens (tertiary/aromatic N) is 3. The fourth-order valence-corrected chi connectivity index (χ4v) is 3.07. The van der Waals surface area contributed by atoms with E-state index < -0.39 is 0 Å². The maximum atomic E-state index is 6.12. The molecule has 0 unspecified atom stereocenters. The van der Waals surface area contributed by atoms with Gasteiger partial charge in [0.05, 0.1) is 17.0 Å². The Bertz CT molecular complexity index is 930. The van der Waals surface area contributed by atoms with Crippen molar-refractivity contribution in [3.63, 3.8) is 0 Å². The Balaban J connectivity index is 1.98. The highest BCUT2D eigenvalue weighted by molar-refractivity contribution is 6.31. The molecule has 0 spiro atoms. The molecule has 0 atom stereocenters. The fraction of sp³-hybridized carbons (Fsp3) is 0.118. The van der Waals surface area contributed by atoms with Gasteiger partial charge in [-0.3, -0.25) is 4.99 Å². The lowest BCUT2D eigenvalue weighted by Crippen LogP contribution is -2.05. The zero-order chi connectivity index (χ0) is 16.0. The number of pyridine rings is 1. The highest BCUT2D eigenvalue weighted by Gasteiger charge is 2.24. The summed E-state index contributed by atoms with van der Waals surface area (Å²) < 4.78 is 5.42. The van der Waals surface area contributed by atoms with E-state index in [4.69, 9.17) is 32.7 Å². The van der Waals surface area contributed by atoms with Crippen LogP contribution in [0, 0.1) is 6.92 Å². The molecule has 1 aliphatic heterocycles. The summed E-state index contributed by atoms with van der Waals surface area (Å²) in [6.07, 6.45) is 1.75. The third kappa shape index (κ3) is 2.44. The molecule has 23 heavy (non-hydrogen) atoms. The molecule has 2 aromatic heterocycles. The molecule has 0 amide bonds. The van der Waals surface area contributed by atoms with E-state index in [1.165, 1.54) is 0 Å². The second-order valence-electron chi connectivity index (χ2n) is 5.29. The van der Waals surface area contributed by atoms with Crippen LogP contribution in [0.1, 0.15) is 22.6 Å². The van der Waals surface area contributed by atoms with Gasteiger partial charge in [0.15, 0.2) is 5.76 Å². The number of aryl methyl sites for hydroxylation is 1. The predicted octanol–water partition coefficient (Wildman–Crippen LogP) is 4.70. The van der Waals surface area contributed by atoms with Crippen molar-refractivity contribution in [3.05, 3.63) is 69.3 Å². The van der Waals surface area contributed by atoms with Gasteiger partial charge in [-0.15, -0.1) is 0 Å². The molecule has 114 valence electrons. The molecule has 0 radical (unpaired) electrons. The van der Waals surface area contributed by atoms with Crippen LogP contribution < -0.4 is 0 Å². The van der Waals surface area contributed by atoms with Gasteiger partial charge in [-0.2, -0.15) is 0 Å². The summed E-state index contributed by atoms with van der Waals surface area (Å²) in [5, 5.41) is 5.15. The molecule has 0 saturated heterocycles. The monoisotopic (exact) mass is 343 g/mol. The van der Waals surface area contributed by atoms with Crippen molar-refractivity contribution in [1.82, 2.24) is 10.1 Å². The van der Waals surface area contributed by atoms with E-state index in [0.29, 0.717) is 16.7 Å². The minimum Gasteiger partial charge on any atom is -0.358 e. The number of halogens is 2. The van der Waals surface area contributed by atoms with E-state index in [1.54, 1.807) is 6.20 Å². The van der Waals surface area contributed by atoms with Crippen molar-refractivity contribution in [3.8, 4) is 11.1 Å². The maximum Gasteiger partial charge on any atom is 0.166 e. The van der Waals surface area contributed by atoms with E-state index in [2.05, 4.69) is 10.1 Å². The molecule has 0 aliphatic carbocycles. The van der Waals surface area contributed by atoms with Gasteiger partial charge in [0, 0.05) is 27.9 Å². The van der Waals surface area contributed by atoms with Gasteiger partial charge >= 0.3 is 0 Å². The summed E-state index contributed by atoms with van der Waals surface area (Å²) in [5.74, 6) is 0.733. The van der Waals surface area contributed by atoms with Crippen LogP contribution in [-0.2, 0) is 6.54 Å². The lowest BCUT2D eigenvalue weighted by molar-refractivity contribution is 0.382. The van der Waals surface area contributed by atoms with E-state index in [1.807, 2.05) is 37.3 Å². The highest BCUT2D eigenvalue weighted by atomic mass is 35.5. The minimum atomic E-state index is 0.417. The highest BCUT2D eigenvalue weighted by Crippen LogP contribution is 2.35. The van der Waals surface area contributed by atoms with Crippen molar-refractivity contribution >= 4 is 28.9 Å². The first-order valence-electron chi connectivity index (χ1n) is 7.05. The number of hydrogen-bond acceptors (Lipinski definition) is 4. The Morgan fingerprint density at radius 3 is 2.65 bits per heavy atom. The molecule has 1 aromatic carbocycles. The summed E-state index contributed by atoms with van der Waals surface area (Å²) in [5.41, 5.74) is 5.40. The summed E-state index contributed by atoms with van der Waals surface area (Å²) >= 11 is 12.1. The molecule has 3 heterocycles. The first-order valence-corrected chi connectivity index (χ1v) is 7.81. The molecule has 6 heteroatoms. The van der Waals surface area contributed by atoms with Gasteiger partial charge in [-0.1, -0.05) is 40.5 Å². The average molecular weight is 344 g/mol. The Labute approximate surface area is 142 Å². The quantitative estimate of drug-likeness (QED) is 0.601. The summed E-state index contributed by atoms with van der Waals surface area (Å²) in [7, 11) is 0. The van der Waals surface area contributed by atoms with Crippen molar-refractivity contribution in [2.45, 2.75) is 13.5 Å². The van der Waals surface area contributed by atoms with E-state index in [-0.39, 0.29) is 0 Å². The van der Waals surface area contributed by atoms with Crippen molar-refractivity contribution in [2.75, 3.05) is 0 Å². The van der Waals surface area contributed by atoms with Gasteiger partial charge in [0.1, 0.15) is 11.7 Å². The van der Waals surface area contributed by atoms with Crippen LogP contribution in [0.15, 0.2) is 46.0 Å². The third-order valence-electron chi connectivity index (χ3n) is 3.83. The van der Waals surface area contributed by atoms with E-state index in [9.17, 15) is 0 Å². The lowest BCUT2D eigenvalue weighted by Gasteiger charge is -2.10. The Morgan fingerprint density at radius 2 is 1.87 bits per heavy atom. The Kier molecular flexibility index (Phi) is 3.43. The maximum absolute atomic E-state index is 6.12. The second kappa shape index (κ2) is 5.48. The molecule has 0 N–H and O–H groups in total. The largest absolute Gasteiger partial charge is 0.358 e. The predicted molar refractivity (Wildman–Crippen MR) is 90.3 cm³/mol. The number of fused-ring (bicyclic) bond motifs is 3. The molecule has 0 saturated carbocycles. The second-order valence-corrected chi connectivity index (χ2v) is 6.11. The van der Waals surface area contributed by atoms with Crippen LogP contribution in [-0.4, -0.2) is 15.9 Å². The number of aliphatic imine (C=N–C) groups is 1. The van der Waals surface area contributed by atoms with Crippen molar-refractivity contribution in [2.24, 2.45) is 4.99 Å². The molecule has 3 aromatic rings. The van der Waals surface area contributed by atoms with Gasteiger partial charge in [-0.05, 0) is 25.1 Å². The summed E-state index contributed by atoms with van der Waals surface area (Å²) in [6.45, 7) is 2.33. The normalized spacial score (nSPS) is 13.1. The van der Waals surface area contributed by atoms with Crippen LogP contribution in [0.4, 0.5) is 0 Å². The van der Waals surface area contributed by atoms with Crippen molar-refractivity contribution in [1.29, 1.82) is 0 Å². The first kappa shape index (κ1) is 14.4. The van der Waals surface area contributed by atoms with Crippen LogP contribution in [0.2, 0.25) is 10.2 Å². The number of rotatable bonds is 1. The van der Waals surface area contributed by atoms with E-state index in [0.717, 1.165) is 39.4 Å². The van der Waals surface area contributed by atoms with Gasteiger partial charge in [-0.25, -0.2) is 4.98 Å². The van der Waals surface area contributed by atoms with Gasteiger partial charge in [0.2, 0.25) is 0 Å². The van der Waals surface area contributed by atoms with E-state index >= 15 is 0 Å². The molecular formula is C17H11Cl2N3O. The lowest BCUT2D eigenvalue weighted by atomic mass is 9.95. The summed E-state index contributed by atoms with van der Waals surface area (Å²) in [4.78, 5) is 8.93. The number of benzene rings is 1. The van der Waals surface area contributed by atoms with Crippen LogP contribution >= 0.6 is 23.2 Å². The zero-order valence-corrected chi connectivity index (χ0v) is 13.7. The van der Waals surface area contributed by atoms with Crippen molar-refractivity contribution < 1.29 is 4.52 Å². The van der Waals surface area contributed by atoms with Gasteiger partial charge < -0.3 is 4.52 Å². The van der Waals surface area contributed by atoms with Crippen LogP contribution in [0.5, 0.6) is 0 Å². The van der Waals surface area contributed by atoms with Crippen LogP contribution in [0.25, 0.3) is 11.1 Å². The first-order chi connectivity index (χ1) is 11.1. The fourth-order valence-electron chi connectivity index (χ4n) is 2.79. The molecule has 0 bridgehead atoms. The van der Waals surface area contributed by atoms with Gasteiger partial charge in [0.25, 0.3) is 0 Å². The zero-order valence-electron chi connectivity index (χ0n) is 12.2. The number of hydrogen-bond donors (Lipinski definition) is 0. The molecular weight excluding hydrogens is 333 g/mol. The molecule has 1 aliphatic rings. The topological polar surface area (TPSA) is 51.3 Å². The Hall–Kier alpha value is -2.17. The smallest absolute Gasteiger partial charge is 0.166 e. The standard InChI is InChI=1S/C17H11Cl2N3O/c1-9-16-13-7-20-15(19)6-12(13)17(21-8-14(16)23-22-9)10-2-4-11(18)5-3-10/h2-7H,8H2,1H3. The molecule has 4 rings (SSSR count). The third-order valence-corrected chi connectivity index (χ3v) is 4.29. The number of aromatic nitrogens is 2. The molecule has 4 nitrogen and oxygen atoms in total. The summed E-state index contributed by atoms with van der Waals surface area (Å²) in [6, 6.07) is 9.40.